The first kappa shape index (κ1) is 11.0. The third-order valence-corrected chi connectivity index (χ3v) is 3.85. The van der Waals surface area contributed by atoms with E-state index in [1.807, 2.05) is 6.20 Å². The molecule has 1 aliphatic rings. The smallest absolute Gasteiger partial charge is 0.165 e. The summed E-state index contributed by atoms with van der Waals surface area (Å²) < 4.78 is 0. The molecule has 15 heavy (non-hydrogen) atoms. The maximum atomic E-state index is 4.22. The Hall–Kier alpha value is -0.480. The van der Waals surface area contributed by atoms with Crippen LogP contribution in [0.25, 0.3) is 0 Å². The first-order valence-corrected chi connectivity index (χ1v) is 6.62. The van der Waals surface area contributed by atoms with Crippen LogP contribution in [0.4, 0.5) is 0 Å². The largest absolute Gasteiger partial charge is 0.340 e. The van der Waals surface area contributed by atoms with Crippen LogP contribution in [0.15, 0.2) is 17.6 Å². The van der Waals surface area contributed by atoms with E-state index in [0.717, 1.165) is 17.7 Å². The van der Waals surface area contributed by atoms with E-state index in [1.165, 1.54) is 25.7 Å². The van der Waals surface area contributed by atoms with E-state index >= 15 is 0 Å². The van der Waals surface area contributed by atoms with Gasteiger partial charge in [-0.25, -0.2) is 4.98 Å². The Balaban J connectivity index is 1.66. The van der Waals surface area contributed by atoms with Crippen molar-refractivity contribution < 1.29 is 0 Å². The molecule has 1 atom stereocenters. The van der Waals surface area contributed by atoms with E-state index in [1.54, 1.807) is 18.0 Å². The molecule has 3 nitrogen and oxygen atoms in total. The fraction of sp³-hybridized carbons (Fsp3) is 0.727. The first-order chi connectivity index (χ1) is 7.34. The molecule has 0 amide bonds. The SMILES string of the molecule is CC(CNC1CCCC1)Sc1ncc[nH]1. The first-order valence-electron chi connectivity index (χ1n) is 5.74. The Kier molecular flexibility index (Phi) is 4.09. The lowest BCUT2D eigenvalue weighted by atomic mass is 10.2. The van der Waals surface area contributed by atoms with E-state index in [2.05, 4.69) is 22.2 Å². The number of rotatable bonds is 5. The highest BCUT2D eigenvalue weighted by molar-refractivity contribution is 7.99. The van der Waals surface area contributed by atoms with Crippen molar-refractivity contribution in [1.29, 1.82) is 0 Å². The van der Waals surface area contributed by atoms with Gasteiger partial charge in [-0.3, -0.25) is 0 Å². The van der Waals surface area contributed by atoms with Crippen LogP contribution in [0.2, 0.25) is 0 Å². The standard InChI is InChI=1S/C11H19N3S/c1-9(15-11-12-6-7-13-11)8-14-10-4-2-3-5-10/h6-7,9-10,14H,2-5,8H2,1H3,(H,12,13). The quantitative estimate of drug-likeness (QED) is 0.756. The number of thioether (sulfide) groups is 1. The normalized spacial score (nSPS) is 19.5. The minimum absolute atomic E-state index is 0.580. The zero-order chi connectivity index (χ0) is 10.5. The summed E-state index contributed by atoms with van der Waals surface area (Å²) in [6, 6.07) is 0.768. The van der Waals surface area contributed by atoms with Crippen molar-refractivity contribution in [2.75, 3.05) is 6.54 Å². The van der Waals surface area contributed by atoms with Crippen LogP contribution >= 0.6 is 11.8 Å². The molecule has 0 radical (unpaired) electrons. The number of aromatic nitrogens is 2. The van der Waals surface area contributed by atoms with Crippen LogP contribution in [0, 0.1) is 0 Å². The average molecular weight is 225 g/mol. The van der Waals surface area contributed by atoms with Gasteiger partial charge < -0.3 is 10.3 Å². The lowest BCUT2D eigenvalue weighted by Gasteiger charge is -2.15. The molecule has 0 bridgehead atoms. The highest BCUT2D eigenvalue weighted by atomic mass is 32.2. The maximum Gasteiger partial charge on any atom is 0.165 e. The van der Waals surface area contributed by atoms with Crippen molar-refractivity contribution in [3.05, 3.63) is 12.4 Å². The third kappa shape index (κ3) is 3.54. The van der Waals surface area contributed by atoms with E-state index in [9.17, 15) is 0 Å². The Morgan fingerprint density at radius 1 is 1.60 bits per heavy atom. The van der Waals surface area contributed by atoms with Crippen molar-refractivity contribution >= 4 is 11.8 Å². The molecule has 1 aromatic heterocycles. The molecule has 1 aliphatic carbocycles. The molecule has 1 saturated carbocycles. The summed E-state index contributed by atoms with van der Waals surface area (Å²) in [5.74, 6) is 0. The zero-order valence-electron chi connectivity index (χ0n) is 9.20. The molecule has 1 heterocycles. The Labute approximate surface area is 95.4 Å². The Morgan fingerprint density at radius 3 is 3.07 bits per heavy atom. The van der Waals surface area contributed by atoms with Crippen LogP contribution < -0.4 is 5.32 Å². The summed E-state index contributed by atoms with van der Waals surface area (Å²) in [4.78, 5) is 7.34. The molecule has 0 saturated heterocycles. The number of imidazole rings is 1. The van der Waals surface area contributed by atoms with Crippen LogP contribution in [0.1, 0.15) is 32.6 Å². The van der Waals surface area contributed by atoms with E-state index < -0.39 is 0 Å². The second kappa shape index (κ2) is 5.56. The number of nitrogens with zero attached hydrogens (tertiary/aromatic N) is 1. The van der Waals surface area contributed by atoms with E-state index in [0.29, 0.717) is 5.25 Å². The molecule has 1 fully saturated rings. The Bertz CT molecular complexity index is 267. The fourth-order valence-corrected chi connectivity index (χ4v) is 2.83. The molecule has 2 rings (SSSR count). The zero-order valence-corrected chi connectivity index (χ0v) is 10.0. The topological polar surface area (TPSA) is 40.7 Å². The van der Waals surface area contributed by atoms with Gasteiger partial charge in [0.15, 0.2) is 5.16 Å². The van der Waals surface area contributed by atoms with Gasteiger partial charge in [0.2, 0.25) is 0 Å². The number of H-pyrrole nitrogens is 1. The van der Waals surface area contributed by atoms with Gasteiger partial charge in [-0.05, 0) is 12.8 Å². The minimum Gasteiger partial charge on any atom is -0.340 e. The lowest BCUT2D eigenvalue weighted by molar-refractivity contribution is 0.527. The molecule has 84 valence electrons. The van der Waals surface area contributed by atoms with Gasteiger partial charge in [-0.15, -0.1) is 0 Å². The van der Waals surface area contributed by atoms with Crippen molar-refractivity contribution in [3.8, 4) is 0 Å². The lowest BCUT2D eigenvalue weighted by Crippen LogP contribution is -2.31. The average Bonchev–Trinajstić information content (AvgIpc) is 2.86. The molecule has 4 heteroatoms. The molecule has 1 unspecified atom stereocenters. The van der Waals surface area contributed by atoms with Gasteiger partial charge in [0, 0.05) is 30.2 Å². The summed E-state index contributed by atoms with van der Waals surface area (Å²) in [6.07, 6.45) is 9.20. The summed E-state index contributed by atoms with van der Waals surface area (Å²) in [5, 5.41) is 5.24. The molecular weight excluding hydrogens is 206 g/mol. The molecule has 0 aromatic carbocycles. The van der Waals surface area contributed by atoms with Crippen molar-refractivity contribution in [1.82, 2.24) is 15.3 Å². The van der Waals surface area contributed by atoms with Crippen LogP contribution in [0.3, 0.4) is 0 Å². The van der Waals surface area contributed by atoms with Gasteiger partial charge in [0.25, 0.3) is 0 Å². The molecule has 2 N–H and O–H groups in total. The summed E-state index contributed by atoms with van der Waals surface area (Å²) in [6.45, 7) is 3.32. The molecule has 0 aliphatic heterocycles. The highest BCUT2D eigenvalue weighted by Gasteiger charge is 2.15. The highest BCUT2D eigenvalue weighted by Crippen LogP contribution is 2.20. The van der Waals surface area contributed by atoms with Gasteiger partial charge >= 0.3 is 0 Å². The number of hydrogen-bond acceptors (Lipinski definition) is 3. The maximum absolute atomic E-state index is 4.22. The Morgan fingerprint density at radius 2 is 2.40 bits per heavy atom. The number of aromatic amines is 1. The second-order valence-electron chi connectivity index (χ2n) is 4.21. The summed E-state index contributed by atoms with van der Waals surface area (Å²) in [7, 11) is 0. The van der Waals surface area contributed by atoms with E-state index in [-0.39, 0.29) is 0 Å². The summed E-state index contributed by atoms with van der Waals surface area (Å²) in [5.41, 5.74) is 0. The minimum atomic E-state index is 0.580. The predicted molar refractivity (Wildman–Crippen MR) is 64.2 cm³/mol. The van der Waals surface area contributed by atoms with Crippen molar-refractivity contribution in [2.45, 2.75) is 49.1 Å². The van der Waals surface area contributed by atoms with Gasteiger partial charge in [0.05, 0.1) is 0 Å². The summed E-state index contributed by atoms with van der Waals surface area (Å²) >= 11 is 1.80. The van der Waals surface area contributed by atoms with Crippen molar-refractivity contribution in [3.63, 3.8) is 0 Å². The third-order valence-electron chi connectivity index (χ3n) is 2.84. The number of nitrogens with one attached hydrogen (secondary N) is 2. The van der Waals surface area contributed by atoms with Crippen LogP contribution in [0.5, 0.6) is 0 Å². The van der Waals surface area contributed by atoms with Gasteiger partial charge in [0.1, 0.15) is 0 Å². The predicted octanol–water partition coefficient (Wildman–Crippen LogP) is 2.42. The van der Waals surface area contributed by atoms with Crippen LogP contribution in [-0.2, 0) is 0 Å². The molecule has 1 aromatic rings. The van der Waals surface area contributed by atoms with E-state index in [4.69, 9.17) is 0 Å². The van der Waals surface area contributed by atoms with Crippen LogP contribution in [-0.4, -0.2) is 27.8 Å². The van der Waals surface area contributed by atoms with Crippen molar-refractivity contribution in [2.24, 2.45) is 0 Å². The molecule has 0 spiro atoms. The van der Waals surface area contributed by atoms with Gasteiger partial charge in [-0.2, -0.15) is 0 Å². The fourth-order valence-electron chi connectivity index (χ4n) is 2.01. The second-order valence-corrected chi connectivity index (χ2v) is 5.64. The number of hydrogen-bond donors (Lipinski definition) is 2. The van der Waals surface area contributed by atoms with Gasteiger partial charge in [-0.1, -0.05) is 31.5 Å². The molecular formula is C11H19N3S. The monoisotopic (exact) mass is 225 g/mol.